The number of carbonyl (C=O) groups is 2. The van der Waals surface area contributed by atoms with Crippen molar-refractivity contribution >= 4 is 11.8 Å². The first-order valence-electron chi connectivity index (χ1n) is 8.11. The summed E-state index contributed by atoms with van der Waals surface area (Å²) in [6.07, 6.45) is 1.53. The van der Waals surface area contributed by atoms with Crippen LogP contribution >= 0.6 is 0 Å². The lowest BCUT2D eigenvalue weighted by atomic mass is 9.93. The summed E-state index contributed by atoms with van der Waals surface area (Å²) in [6, 6.07) is 0. The molecule has 0 aromatic heterocycles. The van der Waals surface area contributed by atoms with Crippen molar-refractivity contribution in [3.8, 4) is 0 Å². The van der Waals surface area contributed by atoms with E-state index in [0.29, 0.717) is 45.1 Å². The van der Waals surface area contributed by atoms with Crippen molar-refractivity contribution in [1.82, 2.24) is 9.80 Å². The molecule has 2 amide bonds. The van der Waals surface area contributed by atoms with Crippen LogP contribution in [0.15, 0.2) is 0 Å². The van der Waals surface area contributed by atoms with Crippen LogP contribution in [0.5, 0.6) is 0 Å². The zero-order chi connectivity index (χ0) is 16.0. The number of carbonyl (C=O) groups excluding carboxylic acids is 2. The third kappa shape index (κ3) is 5.65. The Balaban J connectivity index is 2.42. The highest BCUT2D eigenvalue weighted by molar-refractivity contribution is 5.79. The normalized spacial score (nSPS) is 17.5. The van der Waals surface area contributed by atoms with Crippen molar-refractivity contribution in [3.63, 3.8) is 0 Å². The predicted molar refractivity (Wildman–Crippen MR) is 84.6 cm³/mol. The number of nitrogens with two attached hydrogens (primary N) is 1. The Labute approximate surface area is 128 Å². The van der Waals surface area contributed by atoms with Crippen LogP contribution in [0.3, 0.4) is 0 Å². The monoisotopic (exact) mass is 297 g/mol. The SMILES string of the molecule is CC(C)CC(CN)CC(=O)N1CCN(C(=O)C(C)C)CC1. The highest BCUT2D eigenvalue weighted by Gasteiger charge is 2.26. The summed E-state index contributed by atoms with van der Waals surface area (Å²) < 4.78 is 0. The van der Waals surface area contributed by atoms with Crippen LogP contribution in [0.2, 0.25) is 0 Å². The number of nitrogens with zero attached hydrogens (tertiary/aromatic N) is 2. The zero-order valence-corrected chi connectivity index (χ0v) is 14.0. The van der Waals surface area contributed by atoms with Gasteiger partial charge in [-0.3, -0.25) is 9.59 Å². The molecule has 122 valence electrons. The van der Waals surface area contributed by atoms with E-state index in [9.17, 15) is 9.59 Å². The van der Waals surface area contributed by atoms with Gasteiger partial charge in [-0.05, 0) is 24.8 Å². The minimum atomic E-state index is 0.0277. The summed E-state index contributed by atoms with van der Waals surface area (Å²) in [5.74, 6) is 1.23. The van der Waals surface area contributed by atoms with E-state index < -0.39 is 0 Å². The van der Waals surface area contributed by atoms with Gasteiger partial charge in [0.15, 0.2) is 0 Å². The maximum atomic E-state index is 12.3. The Bertz CT molecular complexity index is 347. The largest absolute Gasteiger partial charge is 0.339 e. The quantitative estimate of drug-likeness (QED) is 0.804. The van der Waals surface area contributed by atoms with Crippen LogP contribution in [-0.2, 0) is 9.59 Å². The Morgan fingerprint density at radius 2 is 1.52 bits per heavy atom. The molecule has 0 spiro atoms. The fourth-order valence-electron chi connectivity index (χ4n) is 2.85. The molecule has 1 aliphatic rings. The molecule has 0 saturated carbocycles. The third-order valence-corrected chi connectivity index (χ3v) is 4.04. The second-order valence-corrected chi connectivity index (χ2v) is 6.80. The Morgan fingerprint density at radius 3 is 1.95 bits per heavy atom. The number of hydrogen-bond acceptors (Lipinski definition) is 3. The second-order valence-electron chi connectivity index (χ2n) is 6.80. The standard InChI is InChI=1S/C16H31N3O2/c1-12(2)9-14(11-17)10-15(20)18-5-7-19(8-6-18)16(21)13(3)4/h12-14H,5-11,17H2,1-4H3. The first-order valence-corrected chi connectivity index (χ1v) is 8.11. The van der Waals surface area contributed by atoms with Gasteiger partial charge in [-0.15, -0.1) is 0 Å². The van der Waals surface area contributed by atoms with Gasteiger partial charge < -0.3 is 15.5 Å². The lowest BCUT2D eigenvalue weighted by Gasteiger charge is -2.36. The molecular weight excluding hydrogens is 266 g/mol. The summed E-state index contributed by atoms with van der Waals surface area (Å²) in [5, 5.41) is 0. The molecule has 0 bridgehead atoms. The molecule has 0 aromatic carbocycles. The summed E-state index contributed by atoms with van der Waals surface area (Å²) in [6.45, 7) is 11.3. The van der Waals surface area contributed by atoms with E-state index in [1.54, 1.807) is 0 Å². The second kappa shape index (κ2) is 8.37. The van der Waals surface area contributed by atoms with Gasteiger partial charge in [-0.1, -0.05) is 27.7 Å². The molecule has 1 heterocycles. The van der Waals surface area contributed by atoms with Crippen LogP contribution in [-0.4, -0.2) is 54.3 Å². The molecule has 21 heavy (non-hydrogen) atoms. The van der Waals surface area contributed by atoms with Crippen molar-refractivity contribution in [2.75, 3.05) is 32.7 Å². The van der Waals surface area contributed by atoms with Gasteiger partial charge in [-0.2, -0.15) is 0 Å². The number of piperazine rings is 1. The molecule has 0 radical (unpaired) electrons. The van der Waals surface area contributed by atoms with Crippen LogP contribution in [0.1, 0.15) is 40.5 Å². The number of hydrogen-bond donors (Lipinski definition) is 1. The van der Waals surface area contributed by atoms with Gasteiger partial charge in [0, 0.05) is 38.5 Å². The third-order valence-electron chi connectivity index (χ3n) is 4.04. The smallest absolute Gasteiger partial charge is 0.225 e. The van der Waals surface area contributed by atoms with Gasteiger partial charge in [0.1, 0.15) is 0 Å². The van der Waals surface area contributed by atoms with Crippen LogP contribution < -0.4 is 5.73 Å². The van der Waals surface area contributed by atoms with Gasteiger partial charge >= 0.3 is 0 Å². The number of amides is 2. The first-order chi connectivity index (χ1) is 9.85. The molecule has 1 atom stereocenters. The molecule has 1 saturated heterocycles. The molecular formula is C16H31N3O2. The highest BCUT2D eigenvalue weighted by Crippen LogP contribution is 2.16. The van der Waals surface area contributed by atoms with E-state index in [4.69, 9.17) is 5.73 Å². The van der Waals surface area contributed by atoms with E-state index in [1.165, 1.54) is 0 Å². The maximum Gasteiger partial charge on any atom is 0.225 e. The Kier molecular flexibility index (Phi) is 7.15. The Morgan fingerprint density at radius 1 is 1.00 bits per heavy atom. The molecule has 2 N–H and O–H groups in total. The van der Waals surface area contributed by atoms with Gasteiger partial charge in [-0.25, -0.2) is 0 Å². The summed E-state index contributed by atoms with van der Waals surface area (Å²) >= 11 is 0. The summed E-state index contributed by atoms with van der Waals surface area (Å²) in [7, 11) is 0. The molecule has 1 rings (SSSR count). The van der Waals surface area contributed by atoms with Gasteiger partial charge in [0.25, 0.3) is 0 Å². The summed E-state index contributed by atoms with van der Waals surface area (Å²) in [5.41, 5.74) is 5.77. The average Bonchev–Trinajstić information content (AvgIpc) is 2.45. The lowest BCUT2D eigenvalue weighted by Crippen LogP contribution is -2.51. The van der Waals surface area contributed by atoms with Gasteiger partial charge in [0.2, 0.25) is 11.8 Å². The minimum absolute atomic E-state index is 0.0277. The van der Waals surface area contributed by atoms with Crippen molar-refractivity contribution in [2.24, 2.45) is 23.5 Å². The molecule has 0 aliphatic carbocycles. The fraction of sp³-hybridized carbons (Fsp3) is 0.875. The molecule has 5 heteroatoms. The zero-order valence-electron chi connectivity index (χ0n) is 14.0. The van der Waals surface area contributed by atoms with E-state index >= 15 is 0 Å². The van der Waals surface area contributed by atoms with Crippen molar-refractivity contribution in [3.05, 3.63) is 0 Å². The molecule has 1 aliphatic heterocycles. The van der Waals surface area contributed by atoms with Crippen LogP contribution in [0, 0.1) is 17.8 Å². The molecule has 0 aromatic rings. The lowest BCUT2D eigenvalue weighted by molar-refractivity contribution is -0.141. The first kappa shape index (κ1) is 18.0. The molecule has 1 unspecified atom stereocenters. The van der Waals surface area contributed by atoms with Gasteiger partial charge in [0.05, 0.1) is 0 Å². The average molecular weight is 297 g/mol. The minimum Gasteiger partial charge on any atom is -0.339 e. The van der Waals surface area contributed by atoms with E-state index in [1.807, 2.05) is 23.6 Å². The highest BCUT2D eigenvalue weighted by atomic mass is 16.2. The van der Waals surface area contributed by atoms with E-state index in [2.05, 4.69) is 13.8 Å². The molecule has 1 fully saturated rings. The molecule has 5 nitrogen and oxygen atoms in total. The van der Waals surface area contributed by atoms with Crippen LogP contribution in [0.4, 0.5) is 0 Å². The fourth-order valence-corrected chi connectivity index (χ4v) is 2.85. The van der Waals surface area contributed by atoms with Crippen LogP contribution in [0.25, 0.3) is 0 Å². The van der Waals surface area contributed by atoms with Crippen molar-refractivity contribution in [2.45, 2.75) is 40.5 Å². The van der Waals surface area contributed by atoms with E-state index in [0.717, 1.165) is 6.42 Å². The van der Waals surface area contributed by atoms with E-state index in [-0.39, 0.29) is 23.7 Å². The Hall–Kier alpha value is -1.10. The number of rotatable bonds is 6. The summed E-state index contributed by atoms with van der Waals surface area (Å²) in [4.78, 5) is 28.0. The van der Waals surface area contributed by atoms with Crippen molar-refractivity contribution < 1.29 is 9.59 Å². The predicted octanol–water partition coefficient (Wildman–Crippen LogP) is 1.32. The van der Waals surface area contributed by atoms with Crippen molar-refractivity contribution in [1.29, 1.82) is 0 Å². The maximum absolute atomic E-state index is 12.3. The topological polar surface area (TPSA) is 66.6 Å².